The van der Waals surface area contributed by atoms with Crippen LogP contribution >= 0.6 is 11.6 Å². The van der Waals surface area contributed by atoms with Crippen LogP contribution in [0, 0.1) is 5.82 Å². The van der Waals surface area contributed by atoms with Gasteiger partial charge >= 0.3 is 5.97 Å². The van der Waals surface area contributed by atoms with Gasteiger partial charge in [0, 0.05) is 24.0 Å². The first-order valence-corrected chi connectivity index (χ1v) is 10.9. The summed E-state index contributed by atoms with van der Waals surface area (Å²) in [7, 11) is 1.27. The predicted octanol–water partition coefficient (Wildman–Crippen LogP) is 3.98. The fraction of sp³-hybridized carbons (Fsp3) is 0.348. The molecular weight excluding hydrogens is 451 g/mol. The highest BCUT2D eigenvalue weighted by Crippen LogP contribution is 2.38. The minimum atomic E-state index is -0.623. The first-order chi connectivity index (χ1) is 15.9. The molecule has 3 aromatic rings. The zero-order chi connectivity index (χ0) is 23.1. The van der Waals surface area contributed by atoms with E-state index in [1.54, 1.807) is 12.1 Å². The number of pyridine rings is 2. The number of esters is 1. The van der Waals surface area contributed by atoms with Crippen LogP contribution in [0.1, 0.15) is 29.0 Å². The number of nitrogens with zero attached hydrogens (tertiary/aromatic N) is 3. The van der Waals surface area contributed by atoms with Crippen molar-refractivity contribution in [2.45, 2.75) is 19.0 Å². The average Bonchev–Trinajstić information content (AvgIpc) is 2.82. The minimum absolute atomic E-state index is 0.0534. The highest BCUT2D eigenvalue weighted by molar-refractivity contribution is 6.29. The van der Waals surface area contributed by atoms with Crippen LogP contribution in [0.4, 0.5) is 15.8 Å². The number of ether oxygens (including phenoxy) is 3. The maximum atomic E-state index is 14.6. The Morgan fingerprint density at radius 3 is 2.97 bits per heavy atom. The van der Waals surface area contributed by atoms with Crippen molar-refractivity contribution in [2.24, 2.45) is 0 Å². The molecule has 0 amide bonds. The van der Waals surface area contributed by atoms with Gasteiger partial charge in [0.1, 0.15) is 23.3 Å². The number of carbonyl (C=O) groups is 1. The molecule has 5 rings (SSSR count). The lowest BCUT2D eigenvalue weighted by Crippen LogP contribution is -2.51. The second kappa shape index (κ2) is 8.64. The number of fused-ring (bicyclic) bond motifs is 4. The van der Waals surface area contributed by atoms with E-state index in [4.69, 9.17) is 25.8 Å². The molecule has 2 aliphatic rings. The van der Waals surface area contributed by atoms with Gasteiger partial charge in [0.25, 0.3) is 0 Å². The van der Waals surface area contributed by atoms with Gasteiger partial charge in [0.2, 0.25) is 5.88 Å². The van der Waals surface area contributed by atoms with Crippen LogP contribution in [0.2, 0.25) is 5.15 Å². The van der Waals surface area contributed by atoms with E-state index in [1.807, 2.05) is 13.0 Å². The zero-order valence-corrected chi connectivity index (χ0v) is 18.9. The molecule has 33 heavy (non-hydrogen) atoms. The van der Waals surface area contributed by atoms with E-state index in [0.29, 0.717) is 42.5 Å². The van der Waals surface area contributed by atoms with Gasteiger partial charge in [-0.2, -0.15) is 0 Å². The second-order valence-electron chi connectivity index (χ2n) is 8.00. The summed E-state index contributed by atoms with van der Waals surface area (Å²) in [5.41, 5.74) is 2.52. The number of benzene rings is 1. The first-order valence-electron chi connectivity index (χ1n) is 10.6. The van der Waals surface area contributed by atoms with Gasteiger partial charge < -0.3 is 24.4 Å². The number of nitrogens with one attached hydrogen (secondary N) is 1. The van der Waals surface area contributed by atoms with E-state index in [2.05, 4.69) is 20.2 Å². The van der Waals surface area contributed by atoms with Gasteiger partial charge in [-0.25, -0.2) is 19.2 Å². The molecule has 1 saturated heterocycles. The van der Waals surface area contributed by atoms with Gasteiger partial charge in [0.15, 0.2) is 5.69 Å². The van der Waals surface area contributed by atoms with Crippen LogP contribution < -0.4 is 15.0 Å². The number of halogens is 2. The van der Waals surface area contributed by atoms with Gasteiger partial charge in [-0.3, -0.25) is 0 Å². The van der Waals surface area contributed by atoms with E-state index >= 15 is 0 Å². The molecule has 172 valence electrons. The molecule has 0 saturated carbocycles. The summed E-state index contributed by atoms with van der Waals surface area (Å²) in [5.74, 6) is -0.545. The third-order valence-electron chi connectivity index (χ3n) is 5.91. The van der Waals surface area contributed by atoms with E-state index < -0.39 is 11.8 Å². The van der Waals surface area contributed by atoms with Crippen molar-refractivity contribution < 1.29 is 23.4 Å². The Morgan fingerprint density at radius 1 is 1.30 bits per heavy atom. The van der Waals surface area contributed by atoms with Crippen LogP contribution in [0.15, 0.2) is 30.3 Å². The number of morpholine rings is 1. The molecule has 8 nitrogen and oxygen atoms in total. The Bertz CT molecular complexity index is 1240. The molecule has 1 aromatic carbocycles. The lowest BCUT2D eigenvalue weighted by Gasteiger charge is -2.40. The van der Waals surface area contributed by atoms with Crippen LogP contribution in [0.25, 0.3) is 10.9 Å². The summed E-state index contributed by atoms with van der Waals surface area (Å²) in [4.78, 5) is 23.1. The van der Waals surface area contributed by atoms with Crippen LogP contribution in [-0.4, -0.2) is 55.5 Å². The molecule has 4 heterocycles. The van der Waals surface area contributed by atoms with Gasteiger partial charge in [0.05, 0.1) is 37.6 Å². The maximum Gasteiger partial charge on any atom is 0.358 e. The van der Waals surface area contributed by atoms with Gasteiger partial charge in [-0.1, -0.05) is 11.6 Å². The molecule has 0 unspecified atom stereocenters. The molecule has 10 heteroatoms. The predicted molar refractivity (Wildman–Crippen MR) is 122 cm³/mol. The molecule has 2 aliphatic heterocycles. The summed E-state index contributed by atoms with van der Waals surface area (Å²) in [5, 5.41) is 4.20. The van der Waals surface area contributed by atoms with Gasteiger partial charge in [-0.15, -0.1) is 0 Å². The fourth-order valence-corrected chi connectivity index (χ4v) is 4.46. The van der Waals surface area contributed by atoms with Crippen molar-refractivity contribution in [3.63, 3.8) is 0 Å². The van der Waals surface area contributed by atoms with Crippen molar-refractivity contribution in [3.05, 3.63) is 52.6 Å². The molecular formula is C23H22ClFN4O4. The summed E-state index contributed by atoms with van der Waals surface area (Å²) in [6.45, 7) is 4.30. The smallest absolute Gasteiger partial charge is 0.358 e. The molecule has 2 atom stereocenters. The SMILES string of the molecule is COC(=O)c1nc(Cl)ccc1N[C@H](C)c1cc(F)cc2nc3c(cc12)N1CCOC[C@H]1CO3. The number of rotatable bonds is 4. The van der Waals surface area contributed by atoms with Crippen LogP contribution in [-0.2, 0) is 9.47 Å². The molecule has 2 aromatic heterocycles. The van der Waals surface area contributed by atoms with Crippen LogP contribution in [0.5, 0.6) is 5.88 Å². The Balaban J connectivity index is 1.56. The highest BCUT2D eigenvalue weighted by atomic mass is 35.5. The lowest BCUT2D eigenvalue weighted by atomic mass is 10.00. The normalized spacial score (nSPS) is 18.2. The third kappa shape index (κ3) is 4.02. The summed E-state index contributed by atoms with van der Waals surface area (Å²) in [6, 6.07) is 7.79. The Hall–Kier alpha value is -3.17. The maximum absolute atomic E-state index is 14.6. The van der Waals surface area contributed by atoms with Gasteiger partial charge in [-0.05, 0) is 36.8 Å². The Morgan fingerprint density at radius 2 is 2.15 bits per heavy atom. The number of carbonyl (C=O) groups excluding carboxylic acids is 1. The molecule has 1 fully saturated rings. The largest absolute Gasteiger partial charge is 0.474 e. The van der Waals surface area contributed by atoms with Crippen molar-refractivity contribution in [1.29, 1.82) is 0 Å². The van der Waals surface area contributed by atoms with Crippen molar-refractivity contribution in [3.8, 4) is 5.88 Å². The number of hydrogen-bond acceptors (Lipinski definition) is 8. The van der Waals surface area contributed by atoms with Crippen molar-refractivity contribution >= 4 is 39.8 Å². The van der Waals surface area contributed by atoms with Crippen molar-refractivity contribution in [2.75, 3.05) is 43.7 Å². The third-order valence-corrected chi connectivity index (χ3v) is 6.12. The zero-order valence-electron chi connectivity index (χ0n) is 18.1. The Kier molecular flexibility index (Phi) is 5.67. The molecule has 0 spiro atoms. The number of aromatic nitrogens is 2. The van der Waals surface area contributed by atoms with Crippen LogP contribution in [0.3, 0.4) is 0 Å². The molecule has 0 bridgehead atoms. The number of hydrogen-bond donors (Lipinski definition) is 1. The summed E-state index contributed by atoms with van der Waals surface area (Å²) < 4.78 is 30.8. The van der Waals surface area contributed by atoms with E-state index in [-0.39, 0.29) is 22.9 Å². The minimum Gasteiger partial charge on any atom is -0.474 e. The monoisotopic (exact) mass is 472 g/mol. The molecule has 0 radical (unpaired) electrons. The van der Waals surface area contributed by atoms with E-state index in [1.165, 1.54) is 19.2 Å². The Labute approximate surface area is 194 Å². The van der Waals surface area contributed by atoms with Crippen molar-refractivity contribution in [1.82, 2.24) is 9.97 Å². The highest BCUT2D eigenvalue weighted by Gasteiger charge is 2.32. The first kappa shape index (κ1) is 21.7. The molecule has 1 N–H and O–H groups in total. The summed E-state index contributed by atoms with van der Waals surface area (Å²) >= 11 is 5.96. The number of methoxy groups -OCH3 is 1. The van der Waals surface area contributed by atoms with E-state index in [0.717, 1.165) is 17.6 Å². The molecule has 0 aliphatic carbocycles. The quantitative estimate of drug-likeness (QED) is 0.451. The standard InChI is InChI=1S/C23H22ClFN4O4/c1-12(26-17-3-4-20(24)28-21(17)23(30)31-2)15-7-13(25)8-18-16(15)9-19-22(27-18)33-11-14-10-32-6-5-29(14)19/h3-4,7-9,12,14,26H,5-6,10-11H2,1-2H3/t12-,14+/m1/s1. The second-order valence-corrected chi connectivity index (χ2v) is 8.38. The number of anilines is 2. The fourth-order valence-electron chi connectivity index (χ4n) is 4.31. The van der Waals surface area contributed by atoms with E-state index in [9.17, 15) is 9.18 Å². The average molecular weight is 473 g/mol. The summed E-state index contributed by atoms with van der Waals surface area (Å²) in [6.07, 6.45) is 0. The lowest BCUT2D eigenvalue weighted by molar-refractivity contribution is 0.0595. The topological polar surface area (TPSA) is 85.8 Å².